The number of nitrogens with one attached hydrogen (secondary N) is 1. The molecule has 0 aliphatic carbocycles. The standard InChI is InChI=1S/C10H16N4O/c1-12-10-7(11)4-5-8(13-10)14-6-2-3-9(14)15/h4-5,9,15H,2-3,6,11H2,1H3,(H,12,13). The van der Waals surface area contributed by atoms with Gasteiger partial charge in [-0.25, -0.2) is 4.98 Å². The van der Waals surface area contributed by atoms with Crippen molar-refractivity contribution in [2.75, 3.05) is 29.5 Å². The van der Waals surface area contributed by atoms with Gasteiger partial charge in [0.25, 0.3) is 0 Å². The van der Waals surface area contributed by atoms with Crippen molar-refractivity contribution in [1.29, 1.82) is 0 Å². The number of nitrogens with two attached hydrogens (primary N) is 1. The summed E-state index contributed by atoms with van der Waals surface area (Å²) in [6.07, 6.45) is 1.40. The summed E-state index contributed by atoms with van der Waals surface area (Å²) in [5, 5.41) is 12.6. The third kappa shape index (κ3) is 1.83. The first-order valence-corrected chi connectivity index (χ1v) is 5.11. The molecule has 1 aliphatic rings. The Morgan fingerprint density at radius 2 is 2.40 bits per heavy atom. The fraction of sp³-hybridized carbons (Fsp3) is 0.500. The highest BCUT2D eigenvalue weighted by molar-refractivity contribution is 5.64. The van der Waals surface area contributed by atoms with E-state index in [1.165, 1.54) is 0 Å². The predicted octanol–water partition coefficient (Wildman–Crippen LogP) is 0.624. The highest BCUT2D eigenvalue weighted by Crippen LogP contribution is 2.25. The number of nitrogen functional groups attached to an aromatic ring is 1. The lowest BCUT2D eigenvalue weighted by atomic mass is 10.3. The maximum atomic E-state index is 9.71. The number of hydrogen-bond donors (Lipinski definition) is 3. The minimum atomic E-state index is -0.411. The van der Waals surface area contributed by atoms with Gasteiger partial charge in [0, 0.05) is 13.6 Å². The van der Waals surface area contributed by atoms with Gasteiger partial charge >= 0.3 is 0 Å². The average molecular weight is 208 g/mol. The maximum Gasteiger partial charge on any atom is 0.151 e. The van der Waals surface area contributed by atoms with Gasteiger partial charge in [0.1, 0.15) is 12.0 Å². The lowest BCUT2D eigenvalue weighted by Crippen LogP contribution is -2.29. The molecule has 5 heteroatoms. The number of rotatable bonds is 2. The third-order valence-corrected chi connectivity index (χ3v) is 2.66. The molecule has 15 heavy (non-hydrogen) atoms. The largest absolute Gasteiger partial charge is 0.396 e. The maximum absolute atomic E-state index is 9.71. The molecule has 1 aromatic rings. The van der Waals surface area contributed by atoms with E-state index in [2.05, 4.69) is 10.3 Å². The first-order chi connectivity index (χ1) is 7.22. The third-order valence-electron chi connectivity index (χ3n) is 2.66. The zero-order chi connectivity index (χ0) is 10.8. The molecule has 2 heterocycles. The van der Waals surface area contributed by atoms with Crippen molar-refractivity contribution in [2.45, 2.75) is 19.1 Å². The zero-order valence-corrected chi connectivity index (χ0v) is 8.77. The summed E-state index contributed by atoms with van der Waals surface area (Å²) in [7, 11) is 1.78. The summed E-state index contributed by atoms with van der Waals surface area (Å²) < 4.78 is 0. The Hall–Kier alpha value is -1.49. The SMILES string of the molecule is CNc1nc(N2CCCC2O)ccc1N. The van der Waals surface area contributed by atoms with E-state index < -0.39 is 6.23 Å². The molecule has 2 rings (SSSR count). The van der Waals surface area contributed by atoms with Crippen molar-refractivity contribution >= 4 is 17.3 Å². The molecule has 5 nitrogen and oxygen atoms in total. The van der Waals surface area contributed by atoms with Crippen molar-refractivity contribution in [1.82, 2.24) is 4.98 Å². The van der Waals surface area contributed by atoms with Crippen LogP contribution in [0.25, 0.3) is 0 Å². The van der Waals surface area contributed by atoms with Gasteiger partial charge < -0.3 is 21.1 Å². The number of aliphatic hydroxyl groups is 1. The monoisotopic (exact) mass is 208 g/mol. The molecular weight excluding hydrogens is 192 g/mol. The number of aliphatic hydroxyl groups excluding tert-OH is 1. The van der Waals surface area contributed by atoms with E-state index >= 15 is 0 Å². The second kappa shape index (κ2) is 3.94. The highest BCUT2D eigenvalue weighted by Gasteiger charge is 2.23. The molecule has 0 aromatic carbocycles. The van der Waals surface area contributed by atoms with Crippen LogP contribution in [0.4, 0.5) is 17.3 Å². The number of aromatic nitrogens is 1. The first kappa shape index (κ1) is 10.0. The number of hydrogen-bond acceptors (Lipinski definition) is 5. The molecule has 1 saturated heterocycles. The van der Waals surface area contributed by atoms with E-state index in [9.17, 15) is 5.11 Å². The fourth-order valence-corrected chi connectivity index (χ4v) is 1.84. The molecule has 1 aliphatic heterocycles. The Labute approximate surface area is 88.9 Å². The summed E-state index contributed by atoms with van der Waals surface area (Å²) in [5.41, 5.74) is 6.35. The smallest absolute Gasteiger partial charge is 0.151 e. The Balaban J connectivity index is 2.28. The van der Waals surface area contributed by atoms with Gasteiger partial charge in [-0.15, -0.1) is 0 Å². The lowest BCUT2D eigenvalue weighted by Gasteiger charge is -2.22. The molecule has 0 spiro atoms. The molecule has 82 valence electrons. The van der Waals surface area contributed by atoms with Gasteiger partial charge in [-0.05, 0) is 25.0 Å². The lowest BCUT2D eigenvalue weighted by molar-refractivity contribution is 0.185. The van der Waals surface area contributed by atoms with Crippen LogP contribution >= 0.6 is 0 Å². The molecule has 1 fully saturated rings. The van der Waals surface area contributed by atoms with Crippen LogP contribution in [-0.4, -0.2) is 29.9 Å². The van der Waals surface area contributed by atoms with Crippen molar-refractivity contribution in [3.8, 4) is 0 Å². The van der Waals surface area contributed by atoms with Crippen LogP contribution in [-0.2, 0) is 0 Å². The molecular formula is C10H16N4O. The predicted molar refractivity (Wildman–Crippen MR) is 60.8 cm³/mol. The van der Waals surface area contributed by atoms with Crippen LogP contribution in [0.15, 0.2) is 12.1 Å². The normalized spacial score (nSPS) is 20.7. The van der Waals surface area contributed by atoms with Crippen LogP contribution in [0.2, 0.25) is 0 Å². The Bertz CT molecular complexity index is 355. The van der Waals surface area contributed by atoms with Crippen molar-refractivity contribution in [3.63, 3.8) is 0 Å². The van der Waals surface area contributed by atoms with Crippen molar-refractivity contribution in [3.05, 3.63) is 12.1 Å². The minimum Gasteiger partial charge on any atom is -0.396 e. The number of anilines is 3. The van der Waals surface area contributed by atoms with E-state index in [4.69, 9.17) is 5.73 Å². The van der Waals surface area contributed by atoms with Gasteiger partial charge in [0.05, 0.1) is 5.69 Å². The van der Waals surface area contributed by atoms with Gasteiger partial charge in [-0.1, -0.05) is 0 Å². The molecule has 1 aromatic heterocycles. The fourth-order valence-electron chi connectivity index (χ4n) is 1.84. The topological polar surface area (TPSA) is 74.4 Å². The van der Waals surface area contributed by atoms with Crippen molar-refractivity contribution in [2.24, 2.45) is 0 Å². The van der Waals surface area contributed by atoms with E-state index in [1.54, 1.807) is 13.1 Å². The quantitative estimate of drug-likeness (QED) is 0.664. The number of pyridine rings is 1. The second-order valence-corrected chi connectivity index (χ2v) is 3.67. The average Bonchev–Trinajstić information content (AvgIpc) is 2.65. The van der Waals surface area contributed by atoms with Gasteiger partial charge in [-0.2, -0.15) is 0 Å². The minimum absolute atomic E-state index is 0.411. The van der Waals surface area contributed by atoms with Crippen LogP contribution in [0.1, 0.15) is 12.8 Å². The van der Waals surface area contributed by atoms with Crippen molar-refractivity contribution < 1.29 is 5.11 Å². The molecule has 0 amide bonds. The highest BCUT2D eigenvalue weighted by atomic mass is 16.3. The van der Waals surface area contributed by atoms with Crippen LogP contribution < -0.4 is 16.0 Å². The summed E-state index contributed by atoms with van der Waals surface area (Å²) in [6, 6.07) is 3.64. The zero-order valence-electron chi connectivity index (χ0n) is 8.77. The van der Waals surface area contributed by atoms with E-state index in [0.29, 0.717) is 11.5 Å². The summed E-state index contributed by atoms with van der Waals surface area (Å²) in [6.45, 7) is 0.848. The van der Waals surface area contributed by atoms with E-state index in [-0.39, 0.29) is 0 Å². The molecule has 4 N–H and O–H groups in total. The first-order valence-electron chi connectivity index (χ1n) is 5.11. The van der Waals surface area contributed by atoms with Crippen LogP contribution in [0.5, 0.6) is 0 Å². The van der Waals surface area contributed by atoms with E-state index in [1.807, 2.05) is 11.0 Å². The van der Waals surface area contributed by atoms with Crippen LogP contribution in [0, 0.1) is 0 Å². The van der Waals surface area contributed by atoms with Gasteiger partial charge in [0.15, 0.2) is 5.82 Å². The Morgan fingerprint density at radius 1 is 1.60 bits per heavy atom. The van der Waals surface area contributed by atoms with Crippen LogP contribution in [0.3, 0.4) is 0 Å². The Morgan fingerprint density at radius 3 is 3.00 bits per heavy atom. The molecule has 0 radical (unpaired) electrons. The van der Waals surface area contributed by atoms with Gasteiger partial charge in [0.2, 0.25) is 0 Å². The second-order valence-electron chi connectivity index (χ2n) is 3.67. The molecule has 0 bridgehead atoms. The van der Waals surface area contributed by atoms with E-state index in [0.717, 1.165) is 25.2 Å². The molecule has 0 saturated carbocycles. The molecule has 1 atom stereocenters. The summed E-state index contributed by atoms with van der Waals surface area (Å²) in [4.78, 5) is 6.24. The summed E-state index contributed by atoms with van der Waals surface area (Å²) >= 11 is 0. The summed E-state index contributed by atoms with van der Waals surface area (Å²) in [5.74, 6) is 1.44. The Kier molecular flexibility index (Phi) is 2.64. The molecule has 1 unspecified atom stereocenters. The number of nitrogens with zero attached hydrogens (tertiary/aromatic N) is 2. The van der Waals surface area contributed by atoms with Gasteiger partial charge in [-0.3, -0.25) is 0 Å².